The van der Waals surface area contributed by atoms with E-state index in [2.05, 4.69) is 25.7 Å². The zero-order valence-electron chi connectivity index (χ0n) is 16.6. The molecule has 1 heterocycles. The van der Waals surface area contributed by atoms with Crippen LogP contribution in [0.1, 0.15) is 11.1 Å². The molecule has 3 rings (SSSR count). The standard InChI is InChI=1S/C22H19F3N4O3/c23-22(24,25)32-19-6-4-15(5-7-19)12-20(30)28-17-2-1-3-18(13-17)29-21(31)27-14-16-8-10-26-11-9-16/h1-11,13H,12,14H2,(H,28,30)(H2,27,29,31). The topological polar surface area (TPSA) is 92.4 Å². The Morgan fingerprint density at radius 2 is 1.53 bits per heavy atom. The minimum atomic E-state index is -4.77. The van der Waals surface area contributed by atoms with Crippen LogP contribution in [0.15, 0.2) is 73.1 Å². The van der Waals surface area contributed by atoms with Crippen molar-refractivity contribution in [3.63, 3.8) is 0 Å². The van der Waals surface area contributed by atoms with E-state index in [-0.39, 0.29) is 18.1 Å². The van der Waals surface area contributed by atoms with Gasteiger partial charge < -0.3 is 20.7 Å². The first-order chi connectivity index (χ1) is 15.3. The first-order valence-corrected chi connectivity index (χ1v) is 9.45. The van der Waals surface area contributed by atoms with Crippen LogP contribution in [0.4, 0.5) is 29.3 Å². The van der Waals surface area contributed by atoms with Crippen LogP contribution in [-0.2, 0) is 17.8 Å². The number of urea groups is 1. The number of benzene rings is 2. The third-order valence-electron chi connectivity index (χ3n) is 4.13. The van der Waals surface area contributed by atoms with Crippen LogP contribution in [0.2, 0.25) is 0 Å². The molecule has 166 valence electrons. The largest absolute Gasteiger partial charge is 0.573 e. The number of hydrogen-bond acceptors (Lipinski definition) is 4. The van der Waals surface area contributed by atoms with Gasteiger partial charge in [0.15, 0.2) is 0 Å². The fraction of sp³-hybridized carbons (Fsp3) is 0.136. The van der Waals surface area contributed by atoms with Gasteiger partial charge in [0.1, 0.15) is 5.75 Å². The summed E-state index contributed by atoms with van der Waals surface area (Å²) in [6.07, 6.45) is -1.55. The van der Waals surface area contributed by atoms with Crippen molar-refractivity contribution in [3.8, 4) is 5.75 Å². The number of amides is 3. The molecular weight excluding hydrogens is 425 g/mol. The van der Waals surface area contributed by atoms with E-state index in [9.17, 15) is 22.8 Å². The predicted octanol–water partition coefficient (Wildman–Crippen LogP) is 4.48. The number of ether oxygens (including phenoxy) is 1. The molecule has 10 heteroatoms. The summed E-state index contributed by atoms with van der Waals surface area (Å²) in [5.74, 6) is -0.726. The molecular formula is C22H19F3N4O3. The van der Waals surface area contributed by atoms with Crippen molar-refractivity contribution in [2.75, 3.05) is 10.6 Å². The number of anilines is 2. The van der Waals surface area contributed by atoms with E-state index < -0.39 is 12.4 Å². The molecule has 1 aromatic heterocycles. The van der Waals surface area contributed by atoms with Crippen LogP contribution >= 0.6 is 0 Å². The van der Waals surface area contributed by atoms with E-state index in [1.165, 1.54) is 12.1 Å². The molecule has 3 N–H and O–H groups in total. The first-order valence-electron chi connectivity index (χ1n) is 9.45. The van der Waals surface area contributed by atoms with Gasteiger partial charge in [0.05, 0.1) is 6.42 Å². The summed E-state index contributed by atoms with van der Waals surface area (Å²) in [6, 6.07) is 14.8. The molecule has 0 radical (unpaired) electrons. The summed E-state index contributed by atoms with van der Waals surface area (Å²) >= 11 is 0. The molecule has 0 aliphatic heterocycles. The highest BCUT2D eigenvalue weighted by Crippen LogP contribution is 2.23. The molecule has 2 aromatic carbocycles. The number of hydrogen-bond donors (Lipinski definition) is 3. The number of alkyl halides is 3. The molecule has 32 heavy (non-hydrogen) atoms. The molecule has 3 aromatic rings. The monoisotopic (exact) mass is 444 g/mol. The Bertz CT molecular complexity index is 1060. The highest BCUT2D eigenvalue weighted by molar-refractivity contribution is 5.94. The minimum absolute atomic E-state index is 0.0453. The minimum Gasteiger partial charge on any atom is -0.406 e. The van der Waals surface area contributed by atoms with Crippen LogP contribution in [0.3, 0.4) is 0 Å². The molecule has 0 saturated heterocycles. The fourth-order valence-electron chi connectivity index (χ4n) is 2.73. The molecule has 0 spiro atoms. The van der Waals surface area contributed by atoms with Crippen molar-refractivity contribution >= 4 is 23.3 Å². The maximum atomic E-state index is 12.3. The zero-order valence-corrected chi connectivity index (χ0v) is 16.6. The SMILES string of the molecule is O=C(Cc1ccc(OC(F)(F)F)cc1)Nc1cccc(NC(=O)NCc2ccncc2)c1. The van der Waals surface area contributed by atoms with E-state index in [1.54, 1.807) is 48.8 Å². The van der Waals surface area contributed by atoms with Gasteiger partial charge in [-0.1, -0.05) is 18.2 Å². The average Bonchev–Trinajstić information content (AvgIpc) is 2.74. The number of pyridine rings is 1. The lowest BCUT2D eigenvalue weighted by molar-refractivity contribution is -0.274. The van der Waals surface area contributed by atoms with Gasteiger partial charge in [0, 0.05) is 30.3 Å². The molecule has 0 saturated carbocycles. The first kappa shape index (κ1) is 22.6. The van der Waals surface area contributed by atoms with E-state index >= 15 is 0 Å². The van der Waals surface area contributed by atoms with E-state index in [0.29, 0.717) is 23.5 Å². The van der Waals surface area contributed by atoms with Gasteiger partial charge in [-0.2, -0.15) is 0 Å². The quantitative estimate of drug-likeness (QED) is 0.501. The molecule has 0 bridgehead atoms. The fourth-order valence-corrected chi connectivity index (χ4v) is 2.73. The Morgan fingerprint density at radius 3 is 2.19 bits per heavy atom. The predicted molar refractivity (Wildman–Crippen MR) is 112 cm³/mol. The number of carbonyl (C=O) groups excluding carboxylic acids is 2. The molecule has 3 amide bonds. The third-order valence-corrected chi connectivity index (χ3v) is 4.13. The number of carbonyl (C=O) groups is 2. The Morgan fingerprint density at radius 1 is 0.875 bits per heavy atom. The maximum absolute atomic E-state index is 12.3. The van der Waals surface area contributed by atoms with Gasteiger partial charge in [-0.15, -0.1) is 13.2 Å². The summed E-state index contributed by atoms with van der Waals surface area (Å²) < 4.78 is 40.4. The van der Waals surface area contributed by atoms with Crippen molar-refractivity contribution in [2.45, 2.75) is 19.3 Å². The molecule has 0 atom stereocenters. The lowest BCUT2D eigenvalue weighted by atomic mass is 10.1. The van der Waals surface area contributed by atoms with E-state index in [1.807, 2.05) is 0 Å². The highest BCUT2D eigenvalue weighted by Gasteiger charge is 2.30. The molecule has 0 unspecified atom stereocenters. The number of aromatic nitrogens is 1. The zero-order chi connectivity index (χ0) is 23.0. The smallest absolute Gasteiger partial charge is 0.406 e. The van der Waals surface area contributed by atoms with Crippen LogP contribution in [0.25, 0.3) is 0 Å². The normalized spacial score (nSPS) is 10.8. The molecule has 0 aliphatic carbocycles. The lowest BCUT2D eigenvalue weighted by Gasteiger charge is -2.11. The third kappa shape index (κ3) is 7.63. The van der Waals surface area contributed by atoms with Crippen molar-refractivity contribution in [1.82, 2.24) is 10.3 Å². The van der Waals surface area contributed by atoms with Crippen molar-refractivity contribution in [1.29, 1.82) is 0 Å². The second-order valence-corrected chi connectivity index (χ2v) is 6.66. The molecule has 7 nitrogen and oxygen atoms in total. The number of rotatable bonds is 7. The Labute approximate surface area is 181 Å². The Hall–Kier alpha value is -4.08. The summed E-state index contributed by atoms with van der Waals surface area (Å²) in [6.45, 7) is 0.331. The second-order valence-electron chi connectivity index (χ2n) is 6.66. The number of halogens is 3. The van der Waals surface area contributed by atoms with Gasteiger partial charge in [-0.05, 0) is 53.6 Å². The van der Waals surface area contributed by atoms with E-state index in [4.69, 9.17) is 0 Å². The summed E-state index contributed by atoms with van der Waals surface area (Å²) in [7, 11) is 0. The highest BCUT2D eigenvalue weighted by atomic mass is 19.4. The van der Waals surface area contributed by atoms with Gasteiger partial charge >= 0.3 is 12.4 Å². The maximum Gasteiger partial charge on any atom is 0.573 e. The van der Waals surface area contributed by atoms with Gasteiger partial charge in [-0.3, -0.25) is 9.78 Å². The van der Waals surface area contributed by atoms with Crippen LogP contribution < -0.4 is 20.7 Å². The second kappa shape index (κ2) is 10.3. The number of nitrogens with zero attached hydrogens (tertiary/aromatic N) is 1. The van der Waals surface area contributed by atoms with Crippen LogP contribution in [0.5, 0.6) is 5.75 Å². The Balaban J connectivity index is 1.50. The van der Waals surface area contributed by atoms with Gasteiger partial charge in [0.25, 0.3) is 0 Å². The van der Waals surface area contributed by atoms with E-state index in [0.717, 1.165) is 17.7 Å². The van der Waals surface area contributed by atoms with Gasteiger partial charge in [0.2, 0.25) is 5.91 Å². The average molecular weight is 444 g/mol. The summed E-state index contributed by atoms with van der Waals surface area (Å²) in [5, 5.41) is 8.08. The number of nitrogens with one attached hydrogen (secondary N) is 3. The summed E-state index contributed by atoms with van der Waals surface area (Å²) in [4.78, 5) is 28.2. The van der Waals surface area contributed by atoms with Crippen LogP contribution in [-0.4, -0.2) is 23.3 Å². The van der Waals surface area contributed by atoms with Crippen molar-refractivity contribution in [2.24, 2.45) is 0 Å². The van der Waals surface area contributed by atoms with Crippen LogP contribution in [0, 0.1) is 0 Å². The molecule has 0 aliphatic rings. The lowest BCUT2D eigenvalue weighted by Crippen LogP contribution is -2.28. The van der Waals surface area contributed by atoms with Gasteiger partial charge in [-0.25, -0.2) is 4.79 Å². The van der Waals surface area contributed by atoms with Crippen molar-refractivity contribution < 1.29 is 27.5 Å². The summed E-state index contributed by atoms with van der Waals surface area (Å²) in [5.41, 5.74) is 2.35. The van der Waals surface area contributed by atoms with Crippen molar-refractivity contribution in [3.05, 3.63) is 84.2 Å². The Kier molecular flexibility index (Phi) is 7.27. The molecule has 0 fully saturated rings.